The summed E-state index contributed by atoms with van der Waals surface area (Å²) in [5, 5.41) is 12.3. The van der Waals surface area contributed by atoms with Crippen LogP contribution < -0.4 is 0 Å². The molecule has 4 heteroatoms. The van der Waals surface area contributed by atoms with Crippen molar-refractivity contribution in [2.75, 3.05) is 0 Å². The predicted octanol–water partition coefficient (Wildman–Crippen LogP) is 1.95. The van der Waals surface area contributed by atoms with Crippen LogP contribution in [0.2, 0.25) is 0 Å². The van der Waals surface area contributed by atoms with E-state index in [4.69, 9.17) is 9.63 Å². The van der Waals surface area contributed by atoms with Gasteiger partial charge in [0.2, 0.25) is 0 Å². The van der Waals surface area contributed by atoms with Crippen LogP contribution in [0.4, 0.5) is 0 Å². The first-order valence-corrected chi connectivity index (χ1v) is 4.39. The van der Waals surface area contributed by atoms with E-state index in [1.165, 1.54) is 6.42 Å². The number of nitrogens with zero attached hydrogens (tertiary/aromatic N) is 1. The van der Waals surface area contributed by atoms with E-state index in [0.29, 0.717) is 11.5 Å². The summed E-state index contributed by atoms with van der Waals surface area (Å²) in [6.45, 7) is 1.76. The zero-order valence-corrected chi connectivity index (χ0v) is 7.41. The fraction of sp³-hybridized carbons (Fsp3) is 0.556. The van der Waals surface area contributed by atoms with Crippen LogP contribution in [0.1, 0.15) is 47.0 Å². The average molecular weight is 181 g/mol. The third-order valence-corrected chi connectivity index (χ3v) is 2.64. The standard InChI is InChI=1S/C9H11NO3/c1-5-7(9(11)12)10-13-8(5)6-3-2-4-6/h6H,2-4H2,1H3,(H,11,12). The van der Waals surface area contributed by atoms with Gasteiger partial charge in [-0.05, 0) is 19.8 Å². The van der Waals surface area contributed by atoms with Gasteiger partial charge >= 0.3 is 5.97 Å². The van der Waals surface area contributed by atoms with Crippen molar-refractivity contribution in [3.63, 3.8) is 0 Å². The van der Waals surface area contributed by atoms with Crippen molar-refractivity contribution < 1.29 is 14.4 Å². The quantitative estimate of drug-likeness (QED) is 0.757. The fourth-order valence-electron chi connectivity index (χ4n) is 1.60. The lowest BCUT2D eigenvalue weighted by molar-refractivity contribution is 0.0685. The summed E-state index contributed by atoms with van der Waals surface area (Å²) in [6.07, 6.45) is 3.39. The number of hydrogen-bond acceptors (Lipinski definition) is 3. The molecule has 13 heavy (non-hydrogen) atoms. The number of hydrogen-bond donors (Lipinski definition) is 1. The summed E-state index contributed by atoms with van der Waals surface area (Å²) in [5.41, 5.74) is 0.749. The van der Waals surface area contributed by atoms with E-state index in [1.807, 2.05) is 0 Å². The first kappa shape index (κ1) is 8.29. The normalized spacial score (nSPS) is 17.0. The molecule has 1 fully saturated rings. The second-order valence-electron chi connectivity index (χ2n) is 3.45. The minimum absolute atomic E-state index is 0.0573. The van der Waals surface area contributed by atoms with Gasteiger partial charge < -0.3 is 9.63 Å². The van der Waals surface area contributed by atoms with Crippen LogP contribution in [0.15, 0.2) is 4.52 Å². The highest BCUT2D eigenvalue weighted by Crippen LogP contribution is 2.38. The van der Waals surface area contributed by atoms with E-state index in [9.17, 15) is 4.79 Å². The lowest BCUT2D eigenvalue weighted by Gasteiger charge is -2.22. The molecule has 1 saturated carbocycles. The van der Waals surface area contributed by atoms with E-state index in [2.05, 4.69) is 5.16 Å². The molecule has 70 valence electrons. The number of carboxylic acids is 1. The molecule has 0 saturated heterocycles. The van der Waals surface area contributed by atoms with Gasteiger partial charge in [-0.3, -0.25) is 0 Å². The number of rotatable bonds is 2. The number of carboxylic acid groups (broad SMARTS) is 1. The number of carbonyl (C=O) groups is 1. The monoisotopic (exact) mass is 181 g/mol. The fourth-order valence-corrected chi connectivity index (χ4v) is 1.60. The second kappa shape index (κ2) is 2.87. The summed E-state index contributed by atoms with van der Waals surface area (Å²) >= 11 is 0. The zero-order chi connectivity index (χ0) is 9.42. The molecule has 2 rings (SSSR count). The number of aromatic nitrogens is 1. The van der Waals surface area contributed by atoms with Gasteiger partial charge in [0, 0.05) is 11.5 Å². The van der Waals surface area contributed by atoms with Gasteiger partial charge in [-0.25, -0.2) is 4.79 Å². The Morgan fingerprint density at radius 2 is 2.31 bits per heavy atom. The Balaban J connectivity index is 2.32. The molecule has 0 bridgehead atoms. The minimum Gasteiger partial charge on any atom is -0.476 e. The van der Waals surface area contributed by atoms with Crippen LogP contribution in [0.3, 0.4) is 0 Å². The van der Waals surface area contributed by atoms with Crippen LogP contribution in [0, 0.1) is 6.92 Å². The minimum atomic E-state index is -1.01. The van der Waals surface area contributed by atoms with E-state index in [-0.39, 0.29) is 5.69 Å². The second-order valence-corrected chi connectivity index (χ2v) is 3.45. The SMILES string of the molecule is Cc1c(C(=O)O)noc1C1CCC1. The Morgan fingerprint density at radius 3 is 2.69 bits per heavy atom. The highest BCUT2D eigenvalue weighted by molar-refractivity contribution is 5.87. The van der Waals surface area contributed by atoms with Crippen molar-refractivity contribution in [1.82, 2.24) is 5.16 Å². The lowest BCUT2D eigenvalue weighted by Crippen LogP contribution is -2.09. The molecule has 1 aromatic rings. The van der Waals surface area contributed by atoms with Gasteiger partial charge in [0.1, 0.15) is 5.76 Å². The van der Waals surface area contributed by atoms with Gasteiger partial charge in [-0.2, -0.15) is 0 Å². The van der Waals surface area contributed by atoms with Gasteiger partial charge in [0.15, 0.2) is 5.69 Å². The summed E-state index contributed by atoms with van der Waals surface area (Å²) < 4.78 is 5.03. The van der Waals surface area contributed by atoms with Crippen LogP contribution >= 0.6 is 0 Å². The van der Waals surface area contributed by atoms with Crippen molar-refractivity contribution in [2.45, 2.75) is 32.1 Å². The molecule has 0 unspecified atom stereocenters. The first-order valence-electron chi connectivity index (χ1n) is 4.39. The Morgan fingerprint density at radius 1 is 1.62 bits per heavy atom. The molecule has 1 aromatic heterocycles. The van der Waals surface area contributed by atoms with Crippen LogP contribution in [-0.2, 0) is 0 Å². The van der Waals surface area contributed by atoms with Crippen LogP contribution in [0.25, 0.3) is 0 Å². The van der Waals surface area contributed by atoms with E-state index < -0.39 is 5.97 Å². The average Bonchev–Trinajstić information content (AvgIpc) is 2.29. The maximum absolute atomic E-state index is 10.6. The Bertz CT molecular complexity index is 339. The molecule has 0 atom stereocenters. The zero-order valence-electron chi connectivity index (χ0n) is 7.41. The molecule has 0 spiro atoms. The Kier molecular flexibility index (Phi) is 1.83. The summed E-state index contributed by atoms with van der Waals surface area (Å²) in [6, 6.07) is 0. The molecule has 1 aliphatic carbocycles. The van der Waals surface area contributed by atoms with E-state index >= 15 is 0 Å². The highest BCUT2D eigenvalue weighted by atomic mass is 16.5. The van der Waals surface area contributed by atoms with Crippen molar-refractivity contribution in [3.05, 3.63) is 17.0 Å². The first-order chi connectivity index (χ1) is 6.20. The van der Waals surface area contributed by atoms with Crippen molar-refractivity contribution >= 4 is 5.97 Å². The molecule has 1 N–H and O–H groups in total. The molecular formula is C9H11NO3. The summed E-state index contributed by atoms with van der Waals surface area (Å²) in [4.78, 5) is 10.6. The molecule has 0 aliphatic heterocycles. The van der Waals surface area contributed by atoms with E-state index in [1.54, 1.807) is 6.92 Å². The maximum Gasteiger partial charge on any atom is 0.358 e. The summed E-state index contributed by atoms with van der Waals surface area (Å²) in [5.74, 6) is 0.163. The molecular weight excluding hydrogens is 170 g/mol. The Hall–Kier alpha value is -1.32. The van der Waals surface area contributed by atoms with Crippen molar-refractivity contribution in [3.8, 4) is 0 Å². The van der Waals surface area contributed by atoms with Crippen molar-refractivity contribution in [1.29, 1.82) is 0 Å². The van der Waals surface area contributed by atoms with Gasteiger partial charge in [-0.15, -0.1) is 0 Å². The van der Waals surface area contributed by atoms with Gasteiger partial charge in [0.25, 0.3) is 0 Å². The third kappa shape index (κ3) is 1.22. The number of aromatic carboxylic acids is 1. The molecule has 1 aliphatic rings. The van der Waals surface area contributed by atoms with Gasteiger partial charge in [-0.1, -0.05) is 11.6 Å². The molecule has 0 amide bonds. The Labute approximate surface area is 75.5 Å². The predicted molar refractivity (Wildman–Crippen MR) is 44.8 cm³/mol. The topological polar surface area (TPSA) is 63.3 Å². The lowest BCUT2D eigenvalue weighted by atomic mass is 9.82. The van der Waals surface area contributed by atoms with Gasteiger partial charge in [0.05, 0.1) is 0 Å². The molecule has 1 heterocycles. The molecule has 0 aromatic carbocycles. The third-order valence-electron chi connectivity index (χ3n) is 2.64. The van der Waals surface area contributed by atoms with Crippen LogP contribution in [-0.4, -0.2) is 16.2 Å². The van der Waals surface area contributed by atoms with E-state index in [0.717, 1.165) is 18.6 Å². The highest BCUT2D eigenvalue weighted by Gasteiger charge is 2.28. The molecule has 4 nitrogen and oxygen atoms in total. The van der Waals surface area contributed by atoms with Crippen LogP contribution in [0.5, 0.6) is 0 Å². The smallest absolute Gasteiger partial charge is 0.358 e. The summed E-state index contributed by atoms with van der Waals surface area (Å²) in [7, 11) is 0. The van der Waals surface area contributed by atoms with Crippen molar-refractivity contribution in [2.24, 2.45) is 0 Å². The largest absolute Gasteiger partial charge is 0.476 e. The maximum atomic E-state index is 10.6. The molecule has 0 radical (unpaired) electrons.